The van der Waals surface area contributed by atoms with Crippen molar-refractivity contribution in [3.05, 3.63) is 41.6 Å². The van der Waals surface area contributed by atoms with Crippen LogP contribution in [0.5, 0.6) is 11.5 Å². The molecule has 3 aliphatic heterocycles. The molecular formula is C30H41N5O2. The molecule has 7 nitrogen and oxygen atoms in total. The SMILES string of the molecule is COc1ccc(-c2nc3c(C)cc(C4CC5CCC(C4)N5C4CCN(C(C)C)CC4)cn3n2)cc1OC. The van der Waals surface area contributed by atoms with Gasteiger partial charge in [0.05, 0.1) is 14.2 Å². The number of fused-ring (bicyclic) bond motifs is 3. The molecule has 0 radical (unpaired) electrons. The summed E-state index contributed by atoms with van der Waals surface area (Å²) in [7, 11) is 3.31. The smallest absolute Gasteiger partial charge is 0.182 e. The first-order chi connectivity index (χ1) is 17.9. The number of pyridine rings is 1. The minimum atomic E-state index is 0.598. The largest absolute Gasteiger partial charge is 0.493 e. The molecule has 0 N–H and O–H groups in total. The summed E-state index contributed by atoms with van der Waals surface area (Å²) in [5, 5.41) is 4.89. The van der Waals surface area contributed by atoms with Crippen molar-refractivity contribution < 1.29 is 9.47 Å². The monoisotopic (exact) mass is 503 g/mol. The molecule has 0 aliphatic carbocycles. The molecule has 0 spiro atoms. The second-order valence-corrected chi connectivity index (χ2v) is 11.6. The summed E-state index contributed by atoms with van der Waals surface area (Å²) in [4.78, 5) is 10.5. The van der Waals surface area contributed by atoms with Crippen LogP contribution in [-0.4, -0.2) is 75.9 Å². The predicted molar refractivity (Wildman–Crippen MR) is 147 cm³/mol. The van der Waals surface area contributed by atoms with Crippen molar-refractivity contribution in [3.8, 4) is 22.9 Å². The van der Waals surface area contributed by atoms with Crippen LogP contribution in [0, 0.1) is 6.92 Å². The van der Waals surface area contributed by atoms with Crippen LogP contribution in [0.25, 0.3) is 17.0 Å². The van der Waals surface area contributed by atoms with Crippen LogP contribution < -0.4 is 9.47 Å². The van der Waals surface area contributed by atoms with E-state index >= 15 is 0 Å². The lowest BCUT2D eigenvalue weighted by atomic mass is 9.83. The first kappa shape index (κ1) is 24.7. The summed E-state index contributed by atoms with van der Waals surface area (Å²) < 4.78 is 12.9. The Hall–Kier alpha value is -2.64. The van der Waals surface area contributed by atoms with Crippen LogP contribution >= 0.6 is 0 Å². The van der Waals surface area contributed by atoms with Gasteiger partial charge in [-0.05, 0) is 108 Å². The molecule has 2 aromatic heterocycles. The number of aryl methyl sites for hydroxylation is 1. The Morgan fingerprint density at radius 1 is 0.892 bits per heavy atom. The summed E-state index contributed by atoms with van der Waals surface area (Å²) in [6, 6.07) is 11.1. The highest BCUT2D eigenvalue weighted by molar-refractivity contribution is 5.64. The van der Waals surface area contributed by atoms with E-state index in [2.05, 4.69) is 42.8 Å². The number of hydrogen-bond donors (Lipinski definition) is 0. The molecule has 1 aromatic carbocycles. The zero-order valence-corrected chi connectivity index (χ0v) is 23.0. The van der Waals surface area contributed by atoms with Gasteiger partial charge < -0.3 is 14.4 Å². The summed E-state index contributed by atoms with van der Waals surface area (Å²) >= 11 is 0. The normalized spacial score (nSPS) is 25.3. The fourth-order valence-corrected chi connectivity index (χ4v) is 7.28. The van der Waals surface area contributed by atoms with Crippen LogP contribution in [0.1, 0.15) is 69.4 Å². The Labute approximate surface area is 220 Å². The van der Waals surface area contributed by atoms with E-state index in [4.69, 9.17) is 19.6 Å². The van der Waals surface area contributed by atoms with E-state index in [1.165, 1.54) is 62.7 Å². The Morgan fingerprint density at radius 2 is 1.59 bits per heavy atom. The molecule has 7 heteroatoms. The Kier molecular flexibility index (Phi) is 6.61. The summed E-state index contributed by atoms with van der Waals surface area (Å²) in [5.41, 5.74) is 4.45. The molecule has 3 aromatic rings. The van der Waals surface area contributed by atoms with Crippen molar-refractivity contribution in [1.82, 2.24) is 24.4 Å². The van der Waals surface area contributed by atoms with Gasteiger partial charge in [0.2, 0.25) is 0 Å². The van der Waals surface area contributed by atoms with E-state index in [-0.39, 0.29) is 0 Å². The van der Waals surface area contributed by atoms with Crippen LogP contribution in [0.3, 0.4) is 0 Å². The molecule has 37 heavy (non-hydrogen) atoms. The van der Waals surface area contributed by atoms with E-state index in [0.29, 0.717) is 29.3 Å². The predicted octanol–water partition coefficient (Wildman–Crippen LogP) is 5.31. The number of piperidine rings is 2. The van der Waals surface area contributed by atoms with Gasteiger partial charge in [0.1, 0.15) is 0 Å². The van der Waals surface area contributed by atoms with Gasteiger partial charge in [0, 0.05) is 35.9 Å². The number of rotatable bonds is 6. The number of benzene rings is 1. The van der Waals surface area contributed by atoms with Gasteiger partial charge in [-0.3, -0.25) is 4.90 Å². The number of aromatic nitrogens is 3. The molecule has 3 aliphatic rings. The highest BCUT2D eigenvalue weighted by atomic mass is 16.5. The van der Waals surface area contributed by atoms with Gasteiger partial charge in [-0.2, -0.15) is 0 Å². The molecule has 3 saturated heterocycles. The van der Waals surface area contributed by atoms with Crippen molar-refractivity contribution in [2.75, 3.05) is 27.3 Å². The van der Waals surface area contributed by atoms with E-state index < -0.39 is 0 Å². The van der Waals surface area contributed by atoms with Crippen LogP contribution in [0.4, 0.5) is 0 Å². The second-order valence-electron chi connectivity index (χ2n) is 11.6. The molecule has 6 rings (SSSR count). The topological polar surface area (TPSA) is 55.1 Å². The molecule has 0 saturated carbocycles. The Bertz CT molecular complexity index is 1250. The fraction of sp³-hybridized carbons (Fsp3) is 0.600. The summed E-state index contributed by atoms with van der Waals surface area (Å²) in [6.07, 6.45) is 10.2. The first-order valence-electron chi connectivity index (χ1n) is 14.1. The molecule has 0 amide bonds. The van der Waals surface area contributed by atoms with Gasteiger partial charge >= 0.3 is 0 Å². The van der Waals surface area contributed by atoms with Gasteiger partial charge in [-0.15, -0.1) is 5.10 Å². The van der Waals surface area contributed by atoms with E-state index in [0.717, 1.165) is 29.3 Å². The maximum Gasteiger partial charge on any atom is 0.182 e. The number of likely N-dealkylation sites (tertiary alicyclic amines) is 1. The minimum Gasteiger partial charge on any atom is -0.493 e. The van der Waals surface area contributed by atoms with Crippen LogP contribution in [-0.2, 0) is 0 Å². The number of nitrogens with zero attached hydrogens (tertiary/aromatic N) is 5. The van der Waals surface area contributed by atoms with Crippen molar-refractivity contribution in [2.24, 2.45) is 0 Å². The van der Waals surface area contributed by atoms with Crippen molar-refractivity contribution >= 4 is 5.65 Å². The molecule has 2 bridgehead atoms. The van der Waals surface area contributed by atoms with Crippen molar-refractivity contribution in [3.63, 3.8) is 0 Å². The van der Waals surface area contributed by atoms with E-state index in [1.54, 1.807) is 14.2 Å². The van der Waals surface area contributed by atoms with Crippen LogP contribution in [0.15, 0.2) is 30.5 Å². The molecule has 198 valence electrons. The quantitative estimate of drug-likeness (QED) is 0.455. The third-order valence-electron chi connectivity index (χ3n) is 9.19. The lowest BCUT2D eigenvalue weighted by Crippen LogP contribution is -2.53. The van der Waals surface area contributed by atoms with Crippen molar-refractivity contribution in [1.29, 1.82) is 0 Å². The van der Waals surface area contributed by atoms with Gasteiger partial charge in [-0.25, -0.2) is 9.50 Å². The third kappa shape index (κ3) is 4.50. The van der Waals surface area contributed by atoms with Crippen LogP contribution in [0.2, 0.25) is 0 Å². The lowest BCUT2D eigenvalue weighted by Gasteiger charge is -2.47. The highest BCUT2D eigenvalue weighted by Gasteiger charge is 2.44. The average Bonchev–Trinajstić information content (AvgIpc) is 3.46. The third-order valence-corrected chi connectivity index (χ3v) is 9.19. The standard InChI is InChI=1S/C30H41N5O2/c1-19(2)33-12-10-24(11-13-33)35-25-7-8-26(35)16-22(15-25)23-14-20(3)30-31-29(32-34(30)18-23)21-6-9-27(36-4)28(17-21)37-5/h6,9,14,17-19,22,24-26H,7-8,10-13,15-16H2,1-5H3. The van der Waals surface area contributed by atoms with E-state index in [9.17, 15) is 0 Å². The Balaban J connectivity index is 1.21. The maximum absolute atomic E-state index is 5.49. The second kappa shape index (κ2) is 9.91. The fourth-order valence-electron chi connectivity index (χ4n) is 7.28. The highest BCUT2D eigenvalue weighted by Crippen LogP contribution is 2.45. The minimum absolute atomic E-state index is 0.598. The zero-order valence-electron chi connectivity index (χ0n) is 23.0. The molecule has 2 atom stereocenters. The van der Waals surface area contributed by atoms with Gasteiger partial charge in [-0.1, -0.05) is 6.07 Å². The zero-order chi connectivity index (χ0) is 25.7. The number of hydrogen-bond acceptors (Lipinski definition) is 6. The molecule has 5 heterocycles. The Morgan fingerprint density at radius 3 is 2.24 bits per heavy atom. The number of ether oxygens (including phenoxy) is 2. The lowest BCUT2D eigenvalue weighted by molar-refractivity contribution is 0.0311. The molecule has 2 unspecified atom stereocenters. The van der Waals surface area contributed by atoms with E-state index in [1.807, 2.05) is 22.7 Å². The summed E-state index contributed by atoms with van der Waals surface area (Å²) in [6.45, 7) is 9.34. The summed E-state index contributed by atoms with van der Waals surface area (Å²) in [5.74, 6) is 2.71. The average molecular weight is 504 g/mol. The molecule has 3 fully saturated rings. The van der Waals surface area contributed by atoms with Gasteiger partial charge in [0.15, 0.2) is 23.0 Å². The van der Waals surface area contributed by atoms with Gasteiger partial charge in [0.25, 0.3) is 0 Å². The van der Waals surface area contributed by atoms with Crippen molar-refractivity contribution in [2.45, 2.75) is 89.4 Å². The number of methoxy groups -OCH3 is 2. The molecular weight excluding hydrogens is 462 g/mol. The maximum atomic E-state index is 5.49. The first-order valence-corrected chi connectivity index (χ1v) is 14.1.